The Morgan fingerprint density at radius 2 is 2.07 bits per heavy atom. The lowest BCUT2D eigenvalue weighted by Crippen LogP contribution is -2.32. The number of nitrogens with one attached hydrogen (secondary N) is 2. The summed E-state index contributed by atoms with van der Waals surface area (Å²) in [6.07, 6.45) is 2.24. The fourth-order valence-corrected chi connectivity index (χ4v) is 3.46. The summed E-state index contributed by atoms with van der Waals surface area (Å²) in [4.78, 5) is 41.0. The van der Waals surface area contributed by atoms with Gasteiger partial charge >= 0.3 is 12.0 Å². The standard InChI is InChI=1S/C20H19N3O5/c1-11-7-13(28-17(11)19(25)27-2)10-23-18(24)16(22-20(23)26)8-12-9-21-15-6-4-3-5-14(12)15/h3-7,9,16,21H,8,10H2,1-2H3,(H,22,26)/t16-/m1/s1. The number of carbonyl (C=O) groups is 3. The van der Waals surface area contributed by atoms with Crippen LogP contribution < -0.4 is 5.32 Å². The summed E-state index contributed by atoms with van der Waals surface area (Å²) < 4.78 is 10.1. The van der Waals surface area contributed by atoms with Crippen LogP contribution in [-0.4, -0.2) is 40.9 Å². The van der Waals surface area contributed by atoms with Gasteiger partial charge in [-0.05, 0) is 24.6 Å². The first kappa shape index (κ1) is 17.8. The van der Waals surface area contributed by atoms with E-state index in [0.717, 1.165) is 21.4 Å². The maximum atomic E-state index is 12.8. The second-order valence-electron chi connectivity index (χ2n) is 6.71. The lowest BCUT2D eigenvalue weighted by molar-refractivity contribution is -0.128. The third kappa shape index (κ3) is 3.02. The van der Waals surface area contributed by atoms with Crippen molar-refractivity contribution in [2.24, 2.45) is 0 Å². The fourth-order valence-electron chi connectivity index (χ4n) is 3.46. The Bertz CT molecular complexity index is 1080. The third-order valence-electron chi connectivity index (χ3n) is 4.86. The molecule has 8 nitrogen and oxygen atoms in total. The highest BCUT2D eigenvalue weighted by atomic mass is 16.5. The highest BCUT2D eigenvalue weighted by Gasteiger charge is 2.39. The van der Waals surface area contributed by atoms with Gasteiger partial charge in [0.1, 0.15) is 11.8 Å². The molecule has 0 bridgehead atoms. The van der Waals surface area contributed by atoms with Crippen molar-refractivity contribution in [2.75, 3.05) is 7.11 Å². The average molecular weight is 381 g/mol. The number of furan rings is 1. The number of amides is 3. The van der Waals surface area contributed by atoms with Gasteiger partial charge in [-0.2, -0.15) is 0 Å². The monoisotopic (exact) mass is 381 g/mol. The molecule has 3 aromatic rings. The van der Waals surface area contributed by atoms with E-state index in [0.29, 0.717) is 17.7 Å². The number of methoxy groups -OCH3 is 1. The molecule has 0 saturated carbocycles. The molecule has 3 heterocycles. The average Bonchev–Trinajstić information content (AvgIpc) is 3.34. The fraction of sp³-hybridized carbons (Fsp3) is 0.250. The number of hydrogen-bond acceptors (Lipinski definition) is 5. The predicted octanol–water partition coefficient (Wildman–Crippen LogP) is 2.52. The molecule has 144 valence electrons. The number of fused-ring (bicyclic) bond motifs is 1. The van der Waals surface area contributed by atoms with Gasteiger partial charge in [-0.15, -0.1) is 0 Å². The lowest BCUT2D eigenvalue weighted by atomic mass is 10.1. The molecule has 1 aliphatic heterocycles. The zero-order valence-electron chi connectivity index (χ0n) is 15.4. The van der Waals surface area contributed by atoms with Gasteiger partial charge in [0.25, 0.3) is 5.91 Å². The first-order valence-electron chi connectivity index (χ1n) is 8.82. The van der Waals surface area contributed by atoms with E-state index in [1.807, 2.05) is 30.5 Å². The van der Waals surface area contributed by atoms with Crippen LogP contribution in [0.4, 0.5) is 4.79 Å². The molecule has 1 aliphatic rings. The number of nitrogens with zero attached hydrogens (tertiary/aromatic N) is 1. The van der Waals surface area contributed by atoms with Crippen molar-refractivity contribution in [1.82, 2.24) is 15.2 Å². The summed E-state index contributed by atoms with van der Waals surface area (Å²) in [6.45, 7) is 1.65. The maximum Gasteiger partial charge on any atom is 0.374 e. The van der Waals surface area contributed by atoms with Gasteiger partial charge in [0.15, 0.2) is 0 Å². The second kappa shape index (κ2) is 6.88. The van der Waals surface area contributed by atoms with Crippen LogP contribution in [0.3, 0.4) is 0 Å². The molecule has 2 N–H and O–H groups in total. The van der Waals surface area contributed by atoms with Gasteiger partial charge in [-0.3, -0.25) is 9.69 Å². The Morgan fingerprint density at radius 3 is 2.86 bits per heavy atom. The number of rotatable bonds is 5. The summed E-state index contributed by atoms with van der Waals surface area (Å²) in [5, 5.41) is 3.74. The van der Waals surface area contributed by atoms with E-state index in [1.54, 1.807) is 13.0 Å². The molecule has 1 atom stereocenters. The molecule has 1 aromatic carbocycles. The molecule has 2 aromatic heterocycles. The molecule has 3 amide bonds. The van der Waals surface area contributed by atoms with Crippen LogP contribution in [0, 0.1) is 6.92 Å². The van der Waals surface area contributed by atoms with E-state index in [-0.39, 0.29) is 18.2 Å². The van der Waals surface area contributed by atoms with E-state index in [4.69, 9.17) is 4.42 Å². The number of para-hydroxylation sites is 1. The molecule has 8 heteroatoms. The van der Waals surface area contributed by atoms with Crippen molar-refractivity contribution in [3.8, 4) is 0 Å². The van der Waals surface area contributed by atoms with Crippen molar-refractivity contribution in [1.29, 1.82) is 0 Å². The van der Waals surface area contributed by atoms with Gasteiger partial charge in [0.05, 0.1) is 13.7 Å². The van der Waals surface area contributed by atoms with Crippen molar-refractivity contribution >= 4 is 28.8 Å². The highest BCUT2D eigenvalue weighted by molar-refractivity contribution is 6.04. The third-order valence-corrected chi connectivity index (χ3v) is 4.86. The summed E-state index contributed by atoms with van der Waals surface area (Å²) >= 11 is 0. The van der Waals surface area contributed by atoms with Crippen LogP contribution in [0.25, 0.3) is 10.9 Å². The number of aryl methyl sites for hydroxylation is 1. The molecule has 1 saturated heterocycles. The summed E-state index contributed by atoms with van der Waals surface area (Å²) in [6, 6.07) is 8.28. The smallest absolute Gasteiger partial charge is 0.374 e. The number of hydrogen-bond donors (Lipinski definition) is 2. The molecule has 0 spiro atoms. The molecule has 4 rings (SSSR count). The van der Waals surface area contributed by atoms with Gasteiger partial charge in [0.2, 0.25) is 5.76 Å². The number of H-pyrrole nitrogens is 1. The quantitative estimate of drug-likeness (QED) is 0.522. The minimum Gasteiger partial charge on any atom is -0.463 e. The van der Waals surface area contributed by atoms with Gasteiger partial charge < -0.3 is 19.5 Å². The van der Waals surface area contributed by atoms with E-state index < -0.39 is 18.0 Å². The zero-order chi connectivity index (χ0) is 19.8. The second-order valence-corrected chi connectivity index (χ2v) is 6.71. The number of imide groups is 1. The number of ether oxygens (including phenoxy) is 1. The minimum absolute atomic E-state index is 0.0487. The van der Waals surface area contributed by atoms with Crippen LogP contribution in [0.1, 0.15) is 27.4 Å². The normalized spacial score (nSPS) is 16.6. The van der Waals surface area contributed by atoms with Crippen LogP contribution in [0.2, 0.25) is 0 Å². The Labute approximate surface area is 160 Å². The summed E-state index contributed by atoms with van der Waals surface area (Å²) in [5.74, 6) is -0.517. The van der Waals surface area contributed by atoms with Gasteiger partial charge in [-0.25, -0.2) is 9.59 Å². The van der Waals surface area contributed by atoms with E-state index in [1.165, 1.54) is 7.11 Å². The number of benzene rings is 1. The van der Waals surface area contributed by atoms with E-state index >= 15 is 0 Å². The molecule has 1 fully saturated rings. The van der Waals surface area contributed by atoms with Crippen molar-refractivity contribution in [3.63, 3.8) is 0 Å². The van der Waals surface area contributed by atoms with E-state index in [2.05, 4.69) is 15.0 Å². The van der Waals surface area contributed by atoms with Crippen molar-refractivity contribution < 1.29 is 23.5 Å². The predicted molar refractivity (Wildman–Crippen MR) is 99.7 cm³/mol. The molecule has 0 aliphatic carbocycles. The Morgan fingerprint density at radius 1 is 1.29 bits per heavy atom. The molecular weight excluding hydrogens is 362 g/mol. The minimum atomic E-state index is -0.650. The highest BCUT2D eigenvalue weighted by Crippen LogP contribution is 2.23. The molecule has 0 unspecified atom stereocenters. The van der Waals surface area contributed by atoms with Gasteiger partial charge in [-0.1, -0.05) is 18.2 Å². The number of aromatic nitrogens is 1. The number of esters is 1. The lowest BCUT2D eigenvalue weighted by Gasteiger charge is -2.11. The van der Waals surface area contributed by atoms with E-state index in [9.17, 15) is 14.4 Å². The number of urea groups is 1. The van der Waals surface area contributed by atoms with Crippen LogP contribution in [0.5, 0.6) is 0 Å². The SMILES string of the molecule is COC(=O)c1oc(CN2C(=O)N[C@H](Cc3c[nH]c4ccccc34)C2=O)cc1C. The summed E-state index contributed by atoms with van der Waals surface area (Å²) in [7, 11) is 1.26. The van der Waals surface area contributed by atoms with Crippen molar-refractivity contribution in [2.45, 2.75) is 25.9 Å². The first-order chi connectivity index (χ1) is 13.5. The van der Waals surface area contributed by atoms with Crippen molar-refractivity contribution in [3.05, 3.63) is 59.2 Å². The molecule has 28 heavy (non-hydrogen) atoms. The molecular formula is C20H19N3O5. The topological polar surface area (TPSA) is 105 Å². The van der Waals surface area contributed by atoms with Crippen LogP contribution in [-0.2, 0) is 22.5 Å². The zero-order valence-corrected chi connectivity index (χ0v) is 15.4. The van der Waals surface area contributed by atoms with Crippen LogP contribution >= 0.6 is 0 Å². The first-order valence-corrected chi connectivity index (χ1v) is 8.82. The maximum absolute atomic E-state index is 12.8. The molecule has 0 radical (unpaired) electrons. The summed E-state index contributed by atoms with van der Waals surface area (Å²) in [5.41, 5.74) is 2.52. The Balaban J connectivity index is 1.51. The largest absolute Gasteiger partial charge is 0.463 e. The number of aromatic amines is 1. The van der Waals surface area contributed by atoms with Crippen LogP contribution in [0.15, 0.2) is 40.9 Å². The number of carbonyl (C=O) groups excluding carboxylic acids is 3. The Hall–Kier alpha value is -3.55. The Kier molecular flexibility index (Phi) is 4.38. The van der Waals surface area contributed by atoms with Gasteiger partial charge in [0, 0.05) is 29.1 Å².